The molecule has 1 atom stereocenters. The van der Waals surface area contributed by atoms with Crippen LogP contribution in [0.5, 0.6) is 0 Å². The molecule has 1 fully saturated rings. The lowest BCUT2D eigenvalue weighted by Crippen LogP contribution is -2.40. The summed E-state index contributed by atoms with van der Waals surface area (Å²) >= 11 is 0. The first-order valence-corrected chi connectivity index (χ1v) is 6.25. The van der Waals surface area contributed by atoms with Crippen molar-refractivity contribution in [2.45, 2.75) is 31.6 Å². The Balaban J connectivity index is 1.67. The number of piperidine rings is 1. The van der Waals surface area contributed by atoms with E-state index in [0.29, 0.717) is 5.92 Å². The predicted molar refractivity (Wildman–Crippen MR) is 66.0 cm³/mol. The van der Waals surface area contributed by atoms with E-state index in [9.17, 15) is 0 Å². The summed E-state index contributed by atoms with van der Waals surface area (Å²) in [6.07, 6.45) is 4.65. The molecular formula is C14H18N2. The van der Waals surface area contributed by atoms with E-state index in [2.05, 4.69) is 29.2 Å². The molecule has 0 aromatic heterocycles. The first kappa shape index (κ1) is 9.88. The van der Waals surface area contributed by atoms with E-state index in [-0.39, 0.29) is 0 Å². The Kier molecular flexibility index (Phi) is 2.43. The maximum Gasteiger partial charge on any atom is 0.0957 e. The quantitative estimate of drug-likeness (QED) is 0.805. The maximum absolute atomic E-state index is 7.95. The van der Waals surface area contributed by atoms with Gasteiger partial charge in [-0.25, -0.2) is 0 Å². The zero-order chi connectivity index (χ0) is 11.0. The molecule has 1 unspecified atom stereocenters. The van der Waals surface area contributed by atoms with E-state index in [1.165, 1.54) is 30.4 Å². The molecule has 2 nitrogen and oxygen atoms in total. The smallest absolute Gasteiger partial charge is 0.0957 e. The molecule has 1 aliphatic heterocycles. The van der Waals surface area contributed by atoms with Crippen molar-refractivity contribution in [1.29, 1.82) is 5.41 Å². The van der Waals surface area contributed by atoms with Crippen LogP contribution in [0.15, 0.2) is 24.3 Å². The summed E-state index contributed by atoms with van der Waals surface area (Å²) in [5.41, 5.74) is 3.02. The van der Waals surface area contributed by atoms with Crippen LogP contribution in [0, 0.1) is 5.41 Å². The van der Waals surface area contributed by atoms with Gasteiger partial charge in [0.15, 0.2) is 0 Å². The topological polar surface area (TPSA) is 27.1 Å². The van der Waals surface area contributed by atoms with E-state index >= 15 is 0 Å². The lowest BCUT2D eigenvalue weighted by Gasteiger charge is -2.37. The van der Waals surface area contributed by atoms with Crippen molar-refractivity contribution in [2.75, 3.05) is 13.1 Å². The van der Waals surface area contributed by atoms with Crippen LogP contribution in [-0.2, 0) is 6.42 Å². The summed E-state index contributed by atoms with van der Waals surface area (Å²) in [7, 11) is 0. The van der Waals surface area contributed by atoms with Crippen LogP contribution in [0.4, 0.5) is 0 Å². The summed E-state index contributed by atoms with van der Waals surface area (Å²) < 4.78 is 0. The molecule has 0 saturated carbocycles. The molecule has 3 rings (SSSR count). The minimum atomic E-state index is 0.676. The van der Waals surface area contributed by atoms with Gasteiger partial charge in [-0.1, -0.05) is 24.3 Å². The van der Waals surface area contributed by atoms with Gasteiger partial charge in [0.25, 0.3) is 0 Å². The Morgan fingerprint density at radius 3 is 2.94 bits per heavy atom. The van der Waals surface area contributed by atoms with Crippen molar-refractivity contribution in [3.8, 4) is 0 Å². The van der Waals surface area contributed by atoms with Crippen LogP contribution in [0.3, 0.4) is 0 Å². The SMILES string of the molecule is N=C1CCCCN1CC1Cc2ccccc21. The normalized spacial score (nSPS) is 23.9. The van der Waals surface area contributed by atoms with E-state index in [1.807, 2.05) is 0 Å². The number of amidine groups is 1. The molecule has 0 radical (unpaired) electrons. The number of rotatable bonds is 2. The molecule has 1 N–H and O–H groups in total. The molecule has 1 heterocycles. The zero-order valence-corrected chi connectivity index (χ0v) is 9.58. The van der Waals surface area contributed by atoms with Gasteiger partial charge in [0.2, 0.25) is 0 Å². The third kappa shape index (κ3) is 1.62. The van der Waals surface area contributed by atoms with E-state index in [4.69, 9.17) is 5.41 Å². The first-order valence-electron chi connectivity index (χ1n) is 6.25. The van der Waals surface area contributed by atoms with E-state index in [0.717, 1.165) is 25.3 Å². The number of hydrogen-bond donors (Lipinski definition) is 1. The van der Waals surface area contributed by atoms with Crippen LogP contribution in [-0.4, -0.2) is 23.8 Å². The molecule has 0 bridgehead atoms. The molecule has 2 aliphatic rings. The highest BCUT2D eigenvalue weighted by molar-refractivity contribution is 5.79. The fourth-order valence-corrected chi connectivity index (χ4v) is 2.88. The molecular weight excluding hydrogens is 196 g/mol. The zero-order valence-electron chi connectivity index (χ0n) is 9.58. The van der Waals surface area contributed by atoms with Gasteiger partial charge in [-0.2, -0.15) is 0 Å². The minimum absolute atomic E-state index is 0.676. The number of nitrogens with zero attached hydrogens (tertiary/aromatic N) is 1. The second-order valence-electron chi connectivity index (χ2n) is 4.95. The second kappa shape index (κ2) is 3.93. The van der Waals surface area contributed by atoms with Crippen LogP contribution in [0.2, 0.25) is 0 Å². The second-order valence-corrected chi connectivity index (χ2v) is 4.95. The molecule has 16 heavy (non-hydrogen) atoms. The summed E-state index contributed by atoms with van der Waals surface area (Å²) in [4.78, 5) is 2.28. The van der Waals surface area contributed by atoms with Crippen molar-refractivity contribution >= 4 is 5.84 Å². The van der Waals surface area contributed by atoms with Gasteiger partial charge in [-0.15, -0.1) is 0 Å². The van der Waals surface area contributed by atoms with Gasteiger partial charge in [0.05, 0.1) is 5.84 Å². The van der Waals surface area contributed by atoms with Crippen LogP contribution >= 0.6 is 0 Å². The van der Waals surface area contributed by atoms with Gasteiger partial charge in [0, 0.05) is 25.4 Å². The van der Waals surface area contributed by atoms with Gasteiger partial charge in [-0.3, -0.25) is 5.41 Å². The molecule has 1 saturated heterocycles. The van der Waals surface area contributed by atoms with Crippen LogP contribution in [0.1, 0.15) is 36.3 Å². The molecule has 0 amide bonds. The third-order valence-electron chi connectivity index (χ3n) is 3.88. The summed E-state index contributed by atoms with van der Waals surface area (Å²) in [5.74, 6) is 1.53. The van der Waals surface area contributed by atoms with Gasteiger partial charge >= 0.3 is 0 Å². The molecule has 84 valence electrons. The number of benzene rings is 1. The van der Waals surface area contributed by atoms with Crippen molar-refractivity contribution < 1.29 is 0 Å². The summed E-state index contributed by atoms with van der Waals surface area (Å²) in [5, 5.41) is 7.95. The Morgan fingerprint density at radius 2 is 2.12 bits per heavy atom. The molecule has 1 aliphatic carbocycles. The average molecular weight is 214 g/mol. The van der Waals surface area contributed by atoms with Crippen molar-refractivity contribution in [2.24, 2.45) is 0 Å². The summed E-state index contributed by atoms with van der Waals surface area (Å²) in [6, 6.07) is 8.73. The van der Waals surface area contributed by atoms with Crippen molar-refractivity contribution in [3.63, 3.8) is 0 Å². The monoisotopic (exact) mass is 214 g/mol. The number of likely N-dealkylation sites (tertiary alicyclic amines) is 1. The molecule has 1 aromatic carbocycles. The van der Waals surface area contributed by atoms with Gasteiger partial charge in [0.1, 0.15) is 0 Å². The lowest BCUT2D eigenvalue weighted by atomic mass is 9.77. The highest BCUT2D eigenvalue weighted by atomic mass is 15.2. The molecule has 2 heteroatoms. The maximum atomic E-state index is 7.95. The molecule has 1 aromatic rings. The minimum Gasteiger partial charge on any atom is -0.360 e. The fourth-order valence-electron chi connectivity index (χ4n) is 2.88. The predicted octanol–water partition coefficient (Wildman–Crippen LogP) is 2.79. The largest absolute Gasteiger partial charge is 0.360 e. The van der Waals surface area contributed by atoms with Gasteiger partial charge in [-0.05, 0) is 30.4 Å². The lowest BCUT2D eigenvalue weighted by molar-refractivity contribution is 0.330. The highest BCUT2D eigenvalue weighted by Gasteiger charge is 2.28. The number of nitrogens with one attached hydrogen (secondary N) is 1. The highest BCUT2D eigenvalue weighted by Crippen LogP contribution is 2.35. The van der Waals surface area contributed by atoms with Gasteiger partial charge < -0.3 is 4.90 Å². The van der Waals surface area contributed by atoms with Crippen molar-refractivity contribution in [3.05, 3.63) is 35.4 Å². The van der Waals surface area contributed by atoms with Crippen molar-refractivity contribution in [1.82, 2.24) is 4.90 Å². The van der Waals surface area contributed by atoms with Crippen LogP contribution < -0.4 is 0 Å². The van der Waals surface area contributed by atoms with Crippen LogP contribution in [0.25, 0.3) is 0 Å². The third-order valence-corrected chi connectivity index (χ3v) is 3.88. The Hall–Kier alpha value is -1.31. The standard InChI is InChI=1S/C14H18N2/c15-14-7-3-4-8-16(14)10-12-9-11-5-1-2-6-13(11)12/h1-2,5-6,12,15H,3-4,7-10H2. The molecule has 0 spiro atoms. The summed E-state index contributed by atoms with van der Waals surface area (Å²) in [6.45, 7) is 2.16. The average Bonchev–Trinajstić information content (AvgIpc) is 2.28. The fraction of sp³-hybridized carbons (Fsp3) is 0.500. The number of fused-ring (bicyclic) bond motifs is 1. The Labute approximate surface area is 96.8 Å². The van der Waals surface area contributed by atoms with E-state index in [1.54, 1.807) is 0 Å². The Bertz CT molecular complexity index is 411. The number of hydrogen-bond acceptors (Lipinski definition) is 1. The van der Waals surface area contributed by atoms with E-state index < -0.39 is 0 Å². The Morgan fingerprint density at radius 1 is 1.25 bits per heavy atom. The first-order chi connectivity index (χ1) is 7.84.